The lowest BCUT2D eigenvalue weighted by molar-refractivity contribution is -0.134. The number of nitrogens with zero attached hydrogens (tertiary/aromatic N) is 2. The molecule has 1 heterocycles. The van der Waals surface area contributed by atoms with Crippen molar-refractivity contribution in [2.45, 2.75) is 18.6 Å². The van der Waals surface area contributed by atoms with Crippen molar-refractivity contribution < 1.29 is 14.6 Å². The number of aromatic nitrogens is 2. The monoisotopic (exact) mass is 234 g/mol. The zero-order valence-electron chi connectivity index (χ0n) is 9.70. The second-order valence-electron chi connectivity index (χ2n) is 4.09. The Hall–Kier alpha value is -1.88. The second-order valence-corrected chi connectivity index (χ2v) is 4.09. The van der Waals surface area contributed by atoms with Crippen molar-refractivity contribution in [3.63, 3.8) is 0 Å². The van der Waals surface area contributed by atoms with E-state index >= 15 is 0 Å². The minimum atomic E-state index is -0.948. The average Bonchev–Trinajstić information content (AvgIpc) is 2.81. The second kappa shape index (κ2) is 4.18. The van der Waals surface area contributed by atoms with Gasteiger partial charge in [-0.15, -0.1) is 0 Å². The van der Waals surface area contributed by atoms with Crippen LogP contribution in [-0.4, -0.2) is 33.3 Å². The zero-order valence-corrected chi connectivity index (χ0v) is 9.70. The predicted octanol–water partition coefficient (Wildman–Crippen LogP) is 1.41. The predicted molar refractivity (Wildman–Crippen MR) is 61.5 cm³/mol. The standard InChI is InChI=1S/C12H14N2O3/c1-12(17-2)5-3-4-9(11(15)16)10(12)14-7-6-13-8-14/h3-8,10H,1-2H3,(H,15,16). The topological polar surface area (TPSA) is 64.3 Å². The molecule has 0 aromatic carbocycles. The molecular weight excluding hydrogens is 220 g/mol. The summed E-state index contributed by atoms with van der Waals surface area (Å²) in [5.41, 5.74) is -0.404. The van der Waals surface area contributed by atoms with Gasteiger partial charge in [0, 0.05) is 19.5 Å². The smallest absolute Gasteiger partial charge is 0.333 e. The van der Waals surface area contributed by atoms with E-state index in [0.717, 1.165) is 0 Å². The molecule has 0 saturated heterocycles. The highest BCUT2D eigenvalue weighted by molar-refractivity contribution is 5.88. The van der Waals surface area contributed by atoms with Crippen LogP contribution >= 0.6 is 0 Å². The fourth-order valence-electron chi connectivity index (χ4n) is 2.08. The summed E-state index contributed by atoms with van der Waals surface area (Å²) in [5.74, 6) is -0.948. The number of allylic oxidation sites excluding steroid dienone is 2. The fraction of sp³-hybridized carbons (Fsp3) is 0.333. The van der Waals surface area contributed by atoms with Crippen LogP contribution in [0.3, 0.4) is 0 Å². The van der Waals surface area contributed by atoms with E-state index in [-0.39, 0.29) is 5.57 Å². The minimum Gasteiger partial charge on any atom is -0.478 e. The van der Waals surface area contributed by atoms with Crippen molar-refractivity contribution in [1.29, 1.82) is 0 Å². The summed E-state index contributed by atoms with van der Waals surface area (Å²) in [6.07, 6.45) is 10.1. The molecule has 0 saturated carbocycles. The van der Waals surface area contributed by atoms with E-state index in [0.29, 0.717) is 0 Å². The SMILES string of the molecule is COC1(C)C=CC=C(C(=O)O)C1n1ccnc1. The highest BCUT2D eigenvalue weighted by atomic mass is 16.5. The molecule has 0 bridgehead atoms. The van der Waals surface area contributed by atoms with Gasteiger partial charge in [-0.2, -0.15) is 0 Å². The molecule has 5 heteroatoms. The van der Waals surface area contributed by atoms with Gasteiger partial charge in [0.15, 0.2) is 0 Å². The van der Waals surface area contributed by atoms with E-state index in [1.54, 1.807) is 42.5 Å². The van der Waals surface area contributed by atoms with E-state index < -0.39 is 17.6 Å². The van der Waals surface area contributed by atoms with E-state index in [2.05, 4.69) is 4.98 Å². The molecule has 1 aliphatic carbocycles. The summed E-state index contributed by atoms with van der Waals surface area (Å²) in [4.78, 5) is 15.2. The van der Waals surface area contributed by atoms with Crippen LogP contribution < -0.4 is 0 Å². The maximum absolute atomic E-state index is 11.3. The van der Waals surface area contributed by atoms with Crippen LogP contribution in [0.2, 0.25) is 0 Å². The summed E-state index contributed by atoms with van der Waals surface area (Å²) < 4.78 is 7.20. The summed E-state index contributed by atoms with van der Waals surface area (Å²) >= 11 is 0. The summed E-state index contributed by atoms with van der Waals surface area (Å²) in [6.45, 7) is 1.85. The van der Waals surface area contributed by atoms with E-state index in [4.69, 9.17) is 4.74 Å². The molecule has 1 aromatic rings. The third kappa shape index (κ3) is 1.89. The van der Waals surface area contributed by atoms with Crippen LogP contribution in [0.5, 0.6) is 0 Å². The number of hydrogen-bond acceptors (Lipinski definition) is 3. The lowest BCUT2D eigenvalue weighted by atomic mass is 9.85. The first kappa shape index (κ1) is 11.6. The van der Waals surface area contributed by atoms with Crippen LogP contribution in [-0.2, 0) is 9.53 Å². The number of aliphatic carboxylic acids is 1. The minimum absolute atomic E-state index is 0.287. The van der Waals surface area contributed by atoms with Gasteiger partial charge in [0.25, 0.3) is 0 Å². The number of carboxylic acid groups (broad SMARTS) is 1. The van der Waals surface area contributed by atoms with Gasteiger partial charge in [-0.1, -0.05) is 12.2 Å². The number of rotatable bonds is 3. The molecular formula is C12H14N2O3. The van der Waals surface area contributed by atoms with Crippen molar-refractivity contribution >= 4 is 5.97 Å². The lowest BCUT2D eigenvalue weighted by Crippen LogP contribution is -2.40. The third-order valence-electron chi connectivity index (χ3n) is 3.05. The number of ether oxygens (including phenoxy) is 1. The van der Waals surface area contributed by atoms with Crippen LogP contribution in [0, 0.1) is 0 Å². The third-order valence-corrected chi connectivity index (χ3v) is 3.05. The Bertz CT molecular complexity index is 476. The number of carboxylic acids is 1. The van der Waals surface area contributed by atoms with Crippen molar-refractivity contribution in [3.8, 4) is 0 Å². The maximum atomic E-state index is 11.3. The molecule has 2 atom stereocenters. The molecule has 1 aromatic heterocycles. The lowest BCUT2D eigenvalue weighted by Gasteiger charge is -2.36. The van der Waals surface area contributed by atoms with Crippen molar-refractivity contribution in [3.05, 3.63) is 42.5 Å². The molecule has 17 heavy (non-hydrogen) atoms. The highest BCUT2D eigenvalue weighted by Crippen LogP contribution is 2.36. The molecule has 5 nitrogen and oxygen atoms in total. The molecule has 2 unspecified atom stereocenters. The number of hydrogen-bond donors (Lipinski definition) is 1. The maximum Gasteiger partial charge on any atom is 0.333 e. The Kier molecular flexibility index (Phi) is 2.85. The van der Waals surface area contributed by atoms with Crippen LogP contribution in [0.25, 0.3) is 0 Å². The molecule has 0 spiro atoms. The Morgan fingerprint density at radius 1 is 1.65 bits per heavy atom. The van der Waals surface area contributed by atoms with Gasteiger partial charge >= 0.3 is 5.97 Å². The Morgan fingerprint density at radius 3 is 2.94 bits per heavy atom. The summed E-state index contributed by atoms with van der Waals surface area (Å²) in [7, 11) is 1.57. The van der Waals surface area contributed by atoms with Gasteiger partial charge in [0.2, 0.25) is 0 Å². The van der Waals surface area contributed by atoms with Crippen molar-refractivity contribution in [1.82, 2.24) is 9.55 Å². The van der Waals surface area contributed by atoms with Gasteiger partial charge < -0.3 is 14.4 Å². The van der Waals surface area contributed by atoms with E-state index in [1.165, 1.54) is 0 Å². The van der Waals surface area contributed by atoms with Crippen LogP contribution in [0.1, 0.15) is 13.0 Å². The first-order valence-corrected chi connectivity index (χ1v) is 5.24. The summed E-state index contributed by atoms with van der Waals surface area (Å²) in [6, 6.07) is -0.419. The first-order valence-electron chi connectivity index (χ1n) is 5.24. The Labute approximate surface area is 99.0 Å². The van der Waals surface area contributed by atoms with Crippen molar-refractivity contribution in [2.75, 3.05) is 7.11 Å². The number of imidazole rings is 1. The van der Waals surface area contributed by atoms with Gasteiger partial charge in [0.1, 0.15) is 5.60 Å². The van der Waals surface area contributed by atoms with Crippen LogP contribution in [0.4, 0.5) is 0 Å². The fourth-order valence-corrected chi connectivity index (χ4v) is 2.08. The summed E-state index contributed by atoms with van der Waals surface area (Å²) in [5, 5.41) is 9.24. The molecule has 90 valence electrons. The number of methoxy groups -OCH3 is 1. The number of carbonyl (C=O) groups is 1. The van der Waals surface area contributed by atoms with Gasteiger partial charge in [-0.05, 0) is 13.0 Å². The van der Waals surface area contributed by atoms with Crippen molar-refractivity contribution in [2.24, 2.45) is 0 Å². The molecule has 0 amide bonds. The van der Waals surface area contributed by atoms with Crippen LogP contribution in [0.15, 0.2) is 42.5 Å². The largest absolute Gasteiger partial charge is 0.478 e. The van der Waals surface area contributed by atoms with Gasteiger partial charge in [-0.25, -0.2) is 9.78 Å². The van der Waals surface area contributed by atoms with Gasteiger partial charge in [-0.3, -0.25) is 0 Å². The normalized spacial score (nSPS) is 27.9. The first-order chi connectivity index (χ1) is 8.08. The quantitative estimate of drug-likeness (QED) is 0.858. The molecule has 1 aliphatic rings. The molecule has 2 rings (SSSR count). The van der Waals surface area contributed by atoms with E-state index in [1.807, 2.05) is 13.0 Å². The molecule has 0 radical (unpaired) electrons. The molecule has 1 N–H and O–H groups in total. The highest BCUT2D eigenvalue weighted by Gasteiger charge is 2.40. The van der Waals surface area contributed by atoms with Gasteiger partial charge in [0.05, 0.1) is 17.9 Å². The Morgan fingerprint density at radius 2 is 2.41 bits per heavy atom. The zero-order chi connectivity index (χ0) is 12.5. The Balaban J connectivity index is 2.51. The molecule has 0 fully saturated rings. The average molecular weight is 234 g/mol. The van der Waals surface area contributed by atoms with E-state index in [9.17, 15) is 9.90 Å². The molecule has 0 aliphatic heterocycles.